The Labute approximate surface area is 557 Å². The van der Waals surface area contributed by atoms with Gasteiger partial charge in [0.1, 0.15) is 11.2 Å². The molecule has 0 atom stereocenters. The van der Waals surface area contributed by atoms with Crippen LogP contribution in [0.4, 0.5) is 0 Å². The lowest BCUT2D eigenvalue weighted by atomic mass is 9.99. The van der Waals surface area contributed by atoms with Gasteiger partial charge in [0.05, 0.1) is 0 Å². The fraction of sp³-hybridized carbons (Fsp3) is 0. The second-order valence-corrected chi connectivity index (χ2v) is 22.9. The first kappa shape index (κ1) is 63.6. The normalized spacial score (nSPS) is 10.1. The zero-order valence-corrected chi connectivity index (χ0v) is 53.2. The summed E-state index contributed by atoms with van der Waals surface area (Å²) >= 11 is 1.86. The number of rotatable bonds is 4. The van der Waals surface area contributed by atoms with Crippen molar-refractivity contribution in [3.8, 4) is 44.5 Å². The molecule has 0 spiro atoms. The van der Waals surface area contributed by atoms with E-state index >= 15 is 0 Å². The van der Waals surface area contributed by atoms with Gasteiger partial charge in [-0.25, -0.2) is 0 Å². The number of benzene rings is 16. The molecule has 94 heavy (non-hydrogen) atoms. The van der Waals surface area contributed by atoms with Gasteiger partial charge in [-0.2, -0.15) is 0 Å². The smallest absolute Gasteiger partial charge is 0.135 e. The highest BCUT2D eigenvalue weighted by Crippen LogP contribution is 2.33. The summed E-state index contributed by atoms with van der Waals surface area (Å²) in [6.07, 6.45) is 0. The Bertz CT molecular complexity index is 4470. The maximum atomic E-state index is 5.65. The van der Waals surface area contributed by atoms with E-state index in [1.54, 1.807) is 0 Å². The van der Waals surface area contributed by atoms with Crippen molar-refractivity contribution in [3.05, 3.63) is 437 Å². The summed E-state index contributed by atoms with van der Waals surface area (Å²) in [4.78, 5) is 0. The largest absolute Gasteiger partial charge is 0.456 e. The molecule has 0 saturated heterocycles. The molecule has 16 aromatic carbocycles. The lowest BCUT2D eigenvalue weighted by molar-refractivity contribution is 0.669. The Hall–Kier alpha value is -11.9. The van der Waals surface area contributed by atoms with Crippen LogP contribution >= 0.6 is 11.3 Å². The van der Waals surface area contributed by atoms with Crippen molar-refractivity contribution in [2.24, 2.45) is 0 Å². The first-order valence-corrected chi connectivity index (χ1v) is 32.5. The molecular formula is C92H72OS. The minimum atomic E-state index is 0.962. The van der Waals surface area contributed by atoms with E-state index in [2.05, 4.69) is 328 Å². The molecule has 0 unspecified atom stereocenters. The number of fused-ring (bicyclic) bond motifs is 8. The molecule has 0 fully saturated rings. The monoisotopic (exact) mass is 1220 g/mol. The van der Waals surface area contributed by atoms with Crippen LogP contribution in [0.2, 0.25) is 0 Å². The molecule has 0 aliphatic rings. The molecule has 2 heterocycles. The van der Waals surface area contributed by atoms with Crippen molar-refractivity contribution in [3.63, 3.8) is 0 Å². The van der Waals surface area contributed by atoms with Gasteiger partial charge in [0, 0.05) is 30.9 Å². The third kappa shape index (κ3) is 18.6. The van der Waals surface area contributed by atoms with Gasteiger partial charge in [-0.3, -0.25) is 0 Å². The molecule has 0 aliphatic heterocycles. The summed E-state index contributed by atoms with van der Waals surface area (Å²) in [7, 11) is 0. The van der Waals surface area contributed by atoms with Crippen molar-refractivity contribution >= 4 is 75.0 Å². The molecule has 2 aromatic heterocycles. The number of thiophene rings is 1. The molecule has 0 saturated carbocycles. The summed E-state index contributed by atoms with van der Waals surface area (Å²) in [5.74, 6) is 0. The van der Waals surface area contributed by atoms with E-state index in [0.29, 0.717) is 0 Å². The average Bonchev–Trinajstić information content (AvgIpc) is 1.67. The Morgan fingerprint density at radius 1 is 0.149 bits per heavy atom. The van der Waals surface area contributed by atoms with Crippen LogP contribution in [0.3, 0.4) is 0 Å². The van der Waals surface area contributed by atoms with Gasteiger partial charge in [-0.15, -0.1) is 11.3 Å². The Morgan fingerprint density at radius 2 is 0.340 bits per heavy atom. The van der Waals surface area contributed by atoms with Crippen LogP contribution in [0, 0.1) is 0 Å². The van der Waals surface area contributed by atoms with Gasteiger partial charge in [0.25, 0.3) is 0 Å². The van der Waals surface area contributed by atoms with Crippen LogP contribution in [-0.2, 0) is 0 Å². The maximum Gasteiger partial charge on any atom is 0.135 e. The molecule has 2 heteroatoms. The zero-order valence-electron chi connectivity index (χ0n) is 52.4. The van der Waals surface area contributed by atoms with Gasteiger partial charge in [0.2, 0.25) is 0 Å². The predicted octanol–water partition coefficient (Wildman–Crippen LogP) is 26.7. The average molecular weight is 1230 g/mol. The van der Waals surface area contributed by atoms with Gasteiger partial charge in [0.15, 0.2) is 0 Å². The van der Waals surface area contributed by atoms with E-state index in [-0.39, 0.29) is 0 Å². The standard InChI is InChI=1S/C18H14.C12H8O.C12H8S.2C12H10.2C10H8.C6H6/c1-3-8-15(9-4-1)17-12-7-13-18(14-17)16-10-5-2-6-11-16;2*1-3-7-11-9(5-1)10-6-2-4-8-12(10)13-11;2*1-3-7-11(8-4-1)12-9-5-2-6-10-12;2*1-2-6-10-8-4-3-7-9(10)5-1;1-2-4-6-5-3-1/h1-14H;2*1-8H;2*1-10H;2*1-8H;1-6H. The fourth-order valence-corrected chi connectivity index (χ4v) is 11.8. The second kappa shape index (κ2) is 34.9. The number of hydrogen-bond acceptors (Lipinski definition) is 2. The molecule has 0 aliphatic carbocycles. The maximum absolute atomic E-state index is 5.65. The van der Waals surface area contributed by atoms with Crippen LogP contribution in [0.5, 0.6) is 0 Å². The van der Waals surface area contributed by atoms with Crippen molar-refractivity contribution in [2.75, 3.05) is 0 Å². The molecule has 1 nitrogen and oxygen atoms in total. The quantitative estimate of drug-likeness (QED) is 0.171. The molecule has 18 aromatic rings. The van der Waals surface area contributed by atoms with Crippen LogP contribution in [0.25, 0.3) is 108 Å². The van der Waals surface area contributed by atoms with Gasteiger partial charge in [-0.05, 0) is 96.4 Å². The third-order valence-corrected chi connectivity index (χ3v) is 16.5. The lowest BCUT2D eigenvalue weighted by Crippen LogP contribution is -1.80. The van der Waals surface area contributed by atoms with Crippen molar-refractivity contribution in [2.45, 2.75) is 0 Å². The van der Waals surface area contributed by atoms with E-state index in [1.165, 1.54) is 97.0 Å². The van der Waals surface area contributed by atoms with Crippen molar-refractivity contribution < 1.29 is 4.42 Å². The highest BCUT2D eigenvalue weighted by Gasteiger charge is 2.05. The summed E-state index contributed by atoms with van der Waals surface area (Å²) in [5, 5.41) is 10.4. The molecule has 18 rings (SSSR count). The van der Waals surface area contributed by atoms with E-state index in [0.717, 1.165) is 11.2 Å². The zero-order chi connectivity index (χ0) is 63.9. The molecule has 452 valence electrons. The Kier molecular flexibility index (Phi) is 23.6. The van der Waals surface area contributed by atoms with E-state index < -0.39 is 0 Å². The summed E-state index contributed by atoms with van der Waals surface area (Å²) in [6.45, 7) is 0. The number of para-hydroxylation sites is 2. The highest BCUT2D eigenvalue weighted by molar-refractivity contribution is 7.25. The van der Waals surface area contributed by atoms with Crippen LogP contribution in [-0.4, -0.2) is 0 Å². The summed E-state index contributed by atoms with van der Waals surface area (Å²) in [5.41, 5.74) is 12.1. The first-order valence-electron chi connectivity index (χ1n) is 31.7. The third-order valence-electron chi connectivity index (χ3n) is 15.4. The number of furan rings is 1. The summed E-state index contributed by atoms with van der Waals surface area (Å²) in [6, 6.07) is 150. The van der Waals surface area contributed by atoms with E-state index in [1.807, 2.05) is 121 Å². The van der Waals surface area contributed by atoms with E-state index in [4.69, 9.17) is 4.42 Å². The van der Waals surface area contributed by atoms with Gasteiger partial charge < -0.3 is 4.42 Å². The van der Waals surface area contributed by atoms with Crippen molar-refractivity contribution in [1.82, 2.24) is 0 Å². The Balaban J connectivity index is 0.000000111. The van der Waals surface area contributed by atoms with Gasteiger partial charge >= 0.3 is 0 Å². The van der Waals surface area contributed by atoms with Crippen molar-refractivity contribution in [1.29, 1.82) is 0 Å². The first-order chi connectivity index (χ1) is 46.7. The van der Waals surface area contributed by atoms with Gasteiger partial charge in [-0.1, -0.05) is 406 Å². The molecule has 0 radical (unpaired) electrons. The minimum absolute atomic E-state index is 0.962. The Morgan fingerprint density at radius 3 is 0.617 bits per heavy atom. The lowest BCUT2D eigenvalue weighted by Gasteiger charge is -2.05. The van der Waals surface area contributed by atoms with Crippen LogP contribution in [0.1, 0.15) is 0 Å². The molecule has 0 bridgehead atoms. The molecule has 0 N–H and O–H groups in total. The van der Waals surface area contributed by atoms with Crippen LogP contribution in [0.15, 0.2) is 441 Å². The SMILES string of the molecule is c1ccc(-c2cccc(-c3ccccc3)c2)cc1.c1ccc(-c2ccccc2)cc1.c1ccc(-c2ccccc2)cc1.c1ccc2c(c1)oc1ccccc12.c1ccc2c(c1)sc1ccccc12.c1ccc2ccccc2c1.c1ccc2ccccc2c1.c1ccccc1. The fourth-order valence-electron chi connectivity index (χ4n) is 10.7. The van der Waals surface area contributed by atoms with Crippen LogP contribution < -0.4 is 0 Å². The molecule has 0 amide bonds. The summed E-state index contributed by atoms with van der Waals surface area (Å²) < 4.78 is 8.41. The molecular weight excluding hydrogens is 1150 g/mol. The second-order valence-electron chi connectivity index (χ2n) is 21.8. The minimum Gasteiger partial charge on any atom is -0.456 e. The number of hydrogen-bond donors (Lipinski definition) is 0. The van der Waals surface area contributed by atoms with E-state index in [9.17, 15) is 0 Å². The highest BCUT2D eigenvalue weighted by atomic mass is 32.1. The topological polar surface area (TPSA) is 13.1 Å². The predicted molar refractivity (Wildman–Crippen MR) is 408 cm³/mol.